The molecule has 0 atom stereocenters. The quantitative estimate of drug-likeness (QED) is 0.636. The highest BCUT2D eigenvalue weighted by atomic mass is 19.4. The number of fused-ring (bicyclic) bond motifs is 1. The average molecular weight is 362 g/mol. The Labute approximate surface area is 145 Å². The lowest BCUT2D eigenvalue weighted by Crippen LogP contribution is -2.19. The van der Waals surface area contributed by atoms with Crippen molar-refractivity contribution in [2.75, 3.05) is 6.61 Å². The molecule has 7 heteroatoms. The van der Waals surface area contributed by atoms with Crippen molar-refractivity contribution in [1.82, 2.24) is 0 Å². The van der Waals surface area contributed by atoms with Gasteiger partial charge in [0.25, 0.3) is 0 Å². The van der Waals surface area contributed by atoms with E-state index < -0.39 is 23.1 Å². The smallest absolute Gasteiger partial charge is 0.416 e. The molecule has 0 aliphatic carbocycles. The minimum atomic E-state index is -4.49. The molecule has 0 aliphatic rings. The standard InChI is InChI=1S/C19H13F3O4/c1-2-25-18(24)15-16(23)13-5-3-4-6-14(13)26-17(15)11-7-9-12(10-8-11)19(20,21)22/h3-10H,2H2,1H3. The molecule has 0 N–H and O–H groups in total. The van der Waals surface area contributed by atoms with Gasteiger partial charge in [0.1, 0.15) is 5.58 Å². The molecule has 0 fully saturated rings. The van der Waals surface area contributed by atoms with E-state index in [0.717, 1.165) is 24.3 Å². The number of ether oxygens (including phenoxy) is 1. The molecule has 0 radical (unpaired) electrons. The van der Waals surface area contributed by atoms with Crippen LogP contribution >= 0.6 is 0 Å². The van der Waals surface area contributed by atoms with Gasteiger partial charge >= 0.3 is 12.1 Å². The third-order valence-corrected chi connectivity index (χ3v) is 3.75. The molecule has 4 nitrogen and oxygen atoms in total. The van der Waals surface area contributed by atoms with E-state index in [9.17, 15) is 22.8 Å². The maximum absolute atomic E-state index is 12.8. The van der Waals surface area contributed by atoms with E-state index >= 15 is 0 Å². The van der Waals surface area contributed by atoms with Crippen molar-refractivity contribution in [3.05, 3.63) is 69.9 Å². The summed E-state index contributed by atoms with van der Waals surface area (Å²) in [6, 6.07) is 10.3. The lowest BCUT2D eigenvalue weighted by molar-refractivity contribution is -0.137. The Hall–Kier alpha value is -3.09. The Morgan fingerprint density at radius 2 is 1.73 bits per heavy atom. The Morgan fingerprint density at radius 1 is 1.08 bits per heavy atom. The summed E-state index contributed by atoms with van der Waals surface area (Å²) in [7, 11) is 0. The molecule has 1 aromatic heterocycles. The molecule has 0 bridgehead atoms. The molecule has 0 unspecified atom stereocenters. The van der Waals surface area contributed by atoms with Crippen LogP contribution in [0.1, 0.15) is 22.8 Å². The minimum absolute atomic E-state index is 0.0392. The summed E-state index contributed by atoms with van der Waals surface area (Å²) >= 11 is 0. The molecule has 3 rings (SSSR count). The largest absolute Gasteiger partial charge is 0.462 e. The third kappa shape index (κ3) is 3.20. The van der Waals surface area contributed by atoms with Crippen LogP contribution in [0.5, 0.6) is 0 Å². The predicted octanol–water partition coefficient (Wildman–Crippen LogP) is 4.66. The van der Waals surface area contributed by atoms with Crippen molar-refractivity contribution in [1.29, 1.82) is 0 Å². The van der Waals surface area contributed by atoms with Gasteiger partial charge in [0.2, 0.25) is 5.43 Å². The second kappa shape index (κ2) is 6.67. The van der Waals surface area contributed by atoms with Gasteiger partial charge in [0.05, 0.1) is 17.6 Å². The first-order valence-corrected chi connectivity index (χ1v) is 7.73. The predicted molar refractivity (Wildman–Crippen MR) is 88.9 cm³/mol. The molecule has 2 aromatic carbocycles. The maximum atomic E-state index is 12.8. The van der Waals surface area contributed by atoms with Gasteiger partial charge in [-0.1, -0.05) is 24.3 Å². The topological polar surface area (TPSA) is 56.5 Å². The van der Waals surface area contributed by atoms with Crippen molar-refractivity contribution in [2.24, 2.45) is 0 Å². The van der Waals surface area contributed by atoms with E-state index in [1.165, 1.54) is 6.07 Å². The number of carbonyl (C=O) groups is 1. The summed E-state index contributed by atoms with van der Waals surface area (Å²) in [5.41, 5.74) is -1.39. The van der Waals surface area contributed by atoms with Crippen LogP contribution in [0, 0.1) is 0 Å². The van der Waals surface area contributed by atoms with Gasteiger partial charge in [-0.2, -0.15) is 13.2 Å². The number of halogens is 3. The summed E-state index contributed by atoms with van der Waals surface area (Å²) < 4.78 is 48.9. The number of hydrogen-bond donors (Lipinski definition) is 0. The first-order valence-electron chi connectivity index (χ1n) is 7.73. The number of alkyl halides is 3. The summed E-state index contributed by atoms with van der Waals surface area (Å²) in [5, 5.41) is 0.186. The van der Waals surface area contributed by atoms with Crippen LogP contribution in [0.25, 0.3) is 22.3 Å². The van der Waals surface area contributed by atoms with Crippen molar-refractivity contribution in [3.8, 4) is 11.3 Å². The van der Waals surface area contributed by atoms with Gasteiger partial charge in [0, 0.05) is 5.56 Å². The fraction of sp³-hybridized carbons (Fsp3) is 0.158. The van der Waals surface area contributed by atoms with Crippen LogP contribution in [0.2, 0.25) is 0 Å². The average Bonchev–Trinajstić information content (AvgIpc) is 2.61. The van der Waals surface area contributed by atoms with Gasteiger partial charge in [-0.25, -0.2) is 4.79 Å². The van der Waals surface area contributed by atoms with Crippen LogP contribution in [-0.4, -0.2) is 12.6 Å². The normalized spacial score (nSPS) is 11.5. The Balaban J connectivity index is 2.25. The minimum Gasteiger partial charge on any atom is -0.462 e. The first-order chi connectivity index (χ1) is 12.3. The fourth-order valence-electron chi connectivity index (χ4n) is 2.54. The Bertz CT molecular complexity index is 1020. The highest BCUT2D eigenvalue weighted by molar-refractivity contribution is 5.99. The summed E-state index contributed by atoms with van der Waals surface area (Å²) in [6.45, 7) is 1.62. The van der Waals surface area contributed by atoms with Crippen LogP contribution < -0.4 is 5.43 Å². The zero-order chi connectivity index (χ0) is 18.9. The number of esters is 1. The number of hydrogen-bond acceptors (Lipinski definition) is 4. The monoisotopic (exact) mass is 362 g/mol. The number of para-hydroxylation sites is 1. The molecule has 0 saturated heterocycles. The molecule has 0 spiro atoms. The van der Waals surface area contributed by atoms with Crippen LogP contribution in [0.4, 0.5) is 13.2 Å². The molecular formula is C19H13F3O4. The number of benzene rings is 2. The zero-order valence-corrected chi connectivity index (χ0v) is 13.6. The van der Waals surface area contributed by atoms with E-state index in [2.05, 4.69) is 0 Å². The fourth-order valence-corrected chi connectivity index (χ4v) is 2.54. The summed E-state index contributed by atoms with van der Waals surface area (Å²) in [5.74, 6) is -1.01. The van der Waals surface area contributed by atoms with E-state index in [4.69, 9.17) is 9.15 Å². The van der Waals surface area contributed by atoms with Crippen LogP contribution in [0.3, 0.4) is 0 Å². The summed E-state index contributed by atoms with van der Waals surface area (Å²) in [6.07, 6.45) is -4.49. The third-order valence-electron chi connectivity index (χ3n) is 3.75. The van der Waals surface area contributed by atoms with Crippen molar-refractivity contribution in [2.45, 2.75) is 13.1 Å². The lowest BCUT2D eigenvalue weighted by Gasteiger charge is -2.11. The van der Waals surface area contributed by atoms with Crippen LogP contribution in [-0.2, 0) is 10.9 Å². The van der Waals surface area contributed by atoms with Gasteiger partial charge in [0.15, 0.2) is 11.3 Å². The Kier molecular flexibility index (Phi) is 4.54. The summed E-state index contributed by atoms with van der Waals surface area (Å²) in [4.78, 5) is 25.0. The van der Waals surface area contributed by atoms with Crippen LogP contribution in [0.15, 0.2) is 57.7 Å². The van der Waals surface area contributed by atoms with Crippen molar-refractivity contribution < 1.29 is 27.1 Å². The van der Waals surface area contributed by atoms with E-state index in [-0.39, 0.29) is 34.5 Å². The molecule has 3 aromatic rings. The van der Waals surface area contributed by atoms with Gasteiger partial charge in [-0.15, -0.1) is 0 Å². The molecule has 0 aliphatic heterocycles. The second-order valence-electron chi connectivity index (χ2n) is 5.43. The van der Waals surface area contributed by atoms with Gasteiger partial charge in [-0.3, -0.25) is 4.79 Å². The zero-order valence-electron chi connectivity index (χ0n) is 13.6. The first kappa shape index (κ1) is 17.7. The van der Waals surface area contributed by atoms with Crippen molar-refractivity contribution in [3.63, 3.8) is 0 Å². The molecule has 0 saturated carbocycles. The number of carbonyl (C=O) groups excluding carboxylic acids is 1. The van der Waals surface area contributed by atoms with Gasteiger partial charge in [-0.05, 0) is 31.2 Å². The van der Waals surface area contributed by atoms with E-state index in [1.54, 1.807) is 25.1 Å². The lowest BCUT2D eigenvalue weighted by atomic mass is 10.0. The second-order valence-corrected chi connectivity index (χ2v) is 5.43. The highest BCUT2D eigenvalue weighted by Gasteiger charge is 2.30. The Morgan fingerprint density at radius 3 is 2.35 bits per heavy atom. The molecular weight excluding hydrogens is 349 g/mol. The number of rotatable bonds is 3. The van der Waals surface area contributed by atoms with E-state index in [0.29, 0.717) is 0 Å². The van der Waals surface area contributed by atoms with E-state index in [1.807, 2.05) is 0 Å². The SMILES string of the molecule is CCOC(=O)c1c(-c2ccc(C(F)(F)F)cc2)oc2ccccc2c1=O. The van der Waals surface area contributed by atoms with Crippen molar-refractivity contribution >= 4 is 16.9 Å². The highest BCUT2D eigenvalue weighted by Crippen LogP contribution is 2.32. The maximum Gasteiger partial charge on any atom is 0.416 e. The molecule has 0 amide bonds. The molecule has 1 heterocycles. The molecule has 134 valence electrons. The van der Waals surface area contributed by atoms with Gasteiger partial charge < -0.3 is 9.15 Å². The molecule has 26 heavy (non-hydrogen) atoms.